The molecule has 0 bridgehead atoms. The summed E-state index contributed by atoms with van der Waals surface area (Å²) in [6.07, 6.45) is 8.31. The number of benzene rings is 1. The molecule has 0 saturated heterocycles. The second-order valence-corrected chi connectivity index (χ2v) is 9.06. The monoisotopic (exact) mass is 507 g/mol. The van der Waals surface area contributed by atoms with E-state index in [0.29, 0.717) is 17.9 Å². The highest BCUT2D eigenvalue weighted by Gasteiger charge is 2.21. The zero-order valence-corrected chi connectivity index (χ0v) is 18.7. The lowest BCUT2D eigenvalue weighted by Gasteiger charge is -2.29. The lowest BCUT2D eigenvalue weighted by molar-refractivity contribution is 0.350. The molecule has 2 heterocycles. The van der Waals surface area contributed by atoms with Crippen LogP contribution in [0, 0.1) is 16.4 Å². The Morgan fingerprint density at radius 1 is 1.07 bits per heavy atom. The molecule has 0 spiro atoms. The van der Waals surface area contributed by atoms with Gasteiger partial charge in [0.05, 0.1) is 10.5 Å². The summed E-state index contributed by atoms with van der Waals surface area (Å²) >= 11 is 8.66. The van der Waals surface area contributed by atoms with Crippen LogP contribution in [0.2, 0.25) is 5.02 Å². The van der Waals surface area contributed by atoms with E-state index >= 15 is 0 Å². The molecule has 28 heavy (non-hydrogen) atoms. The predicted molar refractivity (Wildman–Crippen MR) is 124 cm³/mol. The first-order valence-electron chi connectivity index (χ1n) is 9.62. The maximum Gasteiger partial charge on any atom is 0.222 e. The number of nitrogens with one attached hydrogen (secondary N) is 2. The van der Waals surface area contributed by atoms with Crippen LogP contribution in [-0.4, -0.2) is 27.5 Å². The van der Waals surface area contributed by atoms with Crippen molar-refractivity contribution < 1.29 is 0 Å². The van der Waals surface area contributed by atoms with Gasteiger partial charge in [-0.05, 0) is 78.8 Å². The average Bonchev–Trinajstić information content (AvgIpc) is 2.72. The molecular formula is C21H23ClIN5. The molecule has 5 nitrogen and oxygen atoms in total. The van der Waals surface area contributed by atoms with E-state index in [-0.39, 0.29) is 0 Å². The summed E-state index contributed by atoms with van der Waals surface area (Å²) in [5.41, 5.74) is 1.94. The zero-order valence-electron chi connectivity index (χ0n) is 15.8. The molecular weight excluding hydrogens is 485 g/mol. The van der Waals surface area contributed by atoms with Crippen molar-refractivity contribution in [1.82, 2.24) is 15.0 Å². The van der Waals surface area contributed by atoms with Crippen LogP contribution in [0.25, 0.3) is 10.9 Å². The molecule has 3 aromatic rings. The summed E-state index contributed by atoms with van der Waals surface area (Å²) in [4.78, 5) is 13.4. The summed E-state index contributed by atoms with van der Waals surface area (Å²) in [5.74, 6) is 2.28. The van der Waals surface area contributed by atoms with Crippen LogP contribution in [0.4, 0.5) is 11.8 Å². The molecule has 0 amide bonds. The normalized spacial score (nSPS) is 19.5. The number of nitrogens with zero attached hydrogens (tertiary/aromatic N) is 3. The van der Waals surface area contributed by atoms with Gasteiger partial charge >= 0.3 is 0 Å². The van der Waals surface area contributed by atoms with Crippen molar-refractivity contribution in [2.45, 2.75) is 38.6 Å². The number of hydrogen-bond donors (Lipinski definition) is 2. The first kappa shape index (κ1) is 19.6. The van der Waals surface area contributed by atoms with Crippen LogP contribution in [0.3, 0.4) is 0 Å². The van der Waals surface area contributed by atoms with Gasteiger partial charge in [-0.1, -0.05) is 23.7 Å². The first-order chi connectivity index (χ1) is 13.6. The molecule has 2 aromatic heterocycles. The van der Waals surface area contributed by atoms with Crippen LogP contribution in [0.1, 0.15) is 31.2 Å². The highest BCUT2D eigenvalue weighted by atomic mass is 127. The maximum atomic E-state index is 6.45. The number of aromatic nitrogens is 3. The predicted octanol–water partition coefficient (Wildman–Crippen LogP) is 5.67. The van der Waals surface area contributed by atoms with Gasteiger partial charge in [-0.15, -0.1) is 0 Å². The van der Waals surface area contributed by atoms with Crippen LogP contribution in [0.5, 0.6) is 0 Å². The SMILES string of the molecule is Cc1ccc2ccc(NC3CCC(CNc4ncc(I)cn4)CC3)nc2c1Cl. The summed E-state index contributed by atoms with van der Waals surface area (Å²) in [6.45, 7) is 2.94. The highest BCUT2D eigenvalue weighted by Crippen LogP contribution is 2.29. The van der Waals surface area contributed by atoms with Crippen molar-refractivity contribution in [3.8, 4) is 0 Å². The fourth-order valence-electron chi connectivity index (χ4n) is 3.69. The second-order valence-electron chi connectivity index (χ2n) is 7.43. The van der Waals surface area contributed by atoms with E-state index in [1.165, 1.54) is 12.8 Å². The Balaban J connectivity index is 1.31. The van der Waals surface area contributed by atoms with E-state index in [9.17, 15) is 0 Å². The van der Waals surface area contributed by atoms with E-state index in [4.69, 9.17) is 16.6 Å². The number of halogens is 2. The smallest absolute Gasteiger partial charge is 0.222 e. The third kappa shape index (κ3) is 4.66. The summed E-state index contributed by atoms with van der Waals surface area (Å²) in [7, 11) is 0. The van der Waals surface area contributed by atoms with Gasteiger partial charge in [-0.3, -0.25) is 0 Å². The van der Waals surface area contributed by atoms with Gasteiger partial charge in [0.25, 0.3) is 0 Å². The summed E-state index contributed by atoms with van der Waals surface area (Å²) in [6, 6.07) is 8.71. The molecule has 146 valence electrons. The Morgan fingerprint density at radius 3 is 2.54 bits per heavy atom. The first-order valence-corrected chi connectivity index (χ1v) is 11.1. The van der Waals surface area contributed by atoms with Crippen LogP contribution in [0.15, 0.2) is 36.7 Å². The van der Waals surface area contributed by atoms with Crippen molar-refractivity contribution in [1.29, 1.82) is 0 Å². The Bertz CT molecular complexity index is 955. The van der Waals surface area contributed by atoms with Crippen molar-refractivity contribution in [2.24, 2.45) is 5.92 Å². The number of rotatable bonds is 5. The van der Waals surface area contributed by atoms with Gasteiger partial charge < -0.3 is 10.6 Å². The Morgan fingerprint density at radius 2 is 1.79 bits per heavy atom. The molecule has 0 unspecified atom stereocenters. The molecule has 1 saturated carbocycles. The number of aryl methyl sites for hydroxylation is 1. The minimum atomic E-state index is 0.458. The van der Waals surface area contributed by atoms with Crippen molar-refractivity contribution in [3.05, 3.63) is 50.8 Å². The van der Waals surface area contributed by atoms with Gasteiger partial charge in [-0.25, -0.2) is 15.0 Å². The molecule has 4 rings (SSSR count). The van der Waals surface area contributed by atoms with Gasteiger partial charge in [-0.2, -0.15) is 0 Å². The van der Waals surface area contributed by atoms with Gasteiger partial charge in [0.1, 0.15) is 5.82 Å². The Hall–Kier alpha value is -1.67. The fourth-order valence-corrected chi connectivity index (χ4v) is 4.19. The van der Waals surface area contributed by atoms with E-state index < -0.39 is 0 Å². The summed E-state index contributed by atoms with van der Waals surface area (Å²) < 4.78 is 1.05. The number of pyridine rings is 1. The summed E-state index contributed by atoms with van der Waals surface area (Å²) in [5, 5.41) is 8.79. The Labute approximate surface area is 183 Å². The molecule has 1 aromatic carbocycles. The molecule has 2 N–H and O–H groups in total. The topological polar surface area (TPSA) is 62.7 Å². The van der Waals surface area contributed by atoms with Crippen molar-refractivity contribution >= 4 is 56.9 Å². The van der Waals surface area contributed by atoms with E-state index in [2.05, 4.69) is 61.4 Å². The quantitative estimate of drug-likeness (QED) is 0.436. The molecule has 1 aliphatic rings. The minimum absolute atomic E-state index is 0.458. The van der Waals surface area contributed by atoms with Crippen molar-refractivity contribution in [3.63, 3.8) is 0 Å². The third-order valence-electron chi connectivity index (χ3n) is 5.36. The molecule has 7 heteroatoms. The van der Waals surface area contributed by atoms with Crippen LogP contribution in [-0.2, 0) is 0 Å². The Kier molecular flexibility index (Phi) is 6.16. The zero-order chi connectivity index (χ0) is 19.5. The van der Waals surface area contributed by atoms with E-state index in [1.807, 2.05) is 25.4 Å². The standard InChI is InChI=1S/C21H23ClIN5/c1-13-2-5-15-6-9-18(28-20(15)19(13)22)27-17-7-3-14(4-8-17)10-24-21-25-11-16(23)12-26-21/h2,5-6,9,11-12,14,17H,3-4,7-8,10H2,1H3,(H,27,28)(H,24,25,26). The molecule has 1 fully saturated rings. The van der Waals surface area contributed by atoms with E-state index in [0.717, 1.165) is 50.3 Å². The number of hydrogen-bond acceptors (Lipinski definition) is 5. The second kappa shape index (κ2) is 8.78. The van der Waals surface area contributed by atoms with Gasteiger partial charge in [0, 0.05) is 33.9 Å². The highest BCUT2D eigenvalue weighted by molar-refractivity contribution is 14.1. The van der Waals surface area contributed by atoms with Crippen molar-refractivity contribution in [2.75, 3.05) is 17.2 Å². The minimum Gasteiger partial charge on any atom is -0.367 e. The number of fused-ring (bicyclic) bond motifs is 1. The molecule has 0 aliphatic heterocycles. The van der Waals surface area contributed by atoms with Gasteiger partial charge in [0.15, 0.2) is 0 Å². The lowest BCUT2D eigenvalue weighted by atomic mass is 9.86. The molecule has 0 radical (unpaired) electrons. The van der Waals surface area contributed by atoms with Crippen LogP contribution >= 0.6 is 34.2 Å². The fraction of sp³-hybridized carbons (Fsp3) is 0.381. The maximum absolute atomic E-state index is 6.45. The third-order valence-corrected chi connectivity index (χ3v) is 6.40. The number of anilines is 2. The average molecular weight is 508 g/mol. The van der Waals surface area contributed by atoms with Crippen LogP contribution < -0.4 is 10.6 Å². The lowest BCUT2D eigenvalue weighted by Crippen LogP contribution is -2.29. The van der Waals surface area contributed by atoms with E-state index in [1.54, 1.807) is 0 Å². The van der Waals surface area contributed by atoms with Gasteiger partial charge in [0.2, 0.25) is 5.95 Å². The molecule has 1 aliphatic carbocycles. The molecule has 0 atom stereocenters. The largest absolute Gasteiger partial charge is 0.367 e.